The Balaban J connectivity index is 2.67. The molecular formula is C15H22FNO2. The van der Waals surface area contributed by atoms with E-state index in [1.54, 1.807) is 12.1 Å². The van der Waals surface area contributed by atoms with Crippen molar-refractivity contribution in [3.05, 3.63) is 35.1 Å². The SMILES string of the molecule is Cc1ccc(F)cc1CN(CCCC(=O)O)C(C)C. The van der Waals surface area contributed by atoms with Crippen LogP contribution in [0.15, 0.2) is 18.2 Å². The van der Waals surface area contributed by atoms with Gasteiger partial charge in [0.05, 0.1) is 0 Å². The van der Waals surface area contributed by atoms with Gasteiger partial charge in [0.1, 0.15) is 5.82 Å². The number of hydrogen-bond acceptors (Lipinski definition) is 2. The Labute approximate surface area is 114 Å². The molecule has 0 saturated heterocycles. The van der Waals surface area contributed by atoms with E-state index in [1.807, 2.05) is 6.92 Å². The molecule has 0 radical (unpaired) electrons. The average Bonchev–Trinajstić information content (AvgIpc) is 2.31. The third-order valence-corrected chi connectivity index (χ3v) is 3.25. The van der Waals surface area contributed by atoms with Gasteiger partial charge in [0.15, 0.2) is 0 Å². The van der Waals surface area contributed by atoms with Crippen LogP contribution in [0, 0.1) is 12.7 Å². The smallest absolute Gasteiger partial charge is 0.303 e. The second kappa shape index (κ2) is 7.24. The first kappa shape index (κ1) is 15.6. The summed E-state index contributed by atoms with van der Waals surface area (Å²) >= 11 is 0. The van der Waals surface area contributed by atoms with Crippen molar-refractivity contribution in [1.29, 1.82) is 0 Å². The van der Waals surface area contributed by atoms with Crippen LogP contribution in [0.5, 0.6) is 0 Å². The molecule has 1 N–H and O–H groups in total. The minimum absolute atomic E-state index is 0.172. The number of nitrogens with zero attached hydrogens (tertiary/aromatic N) is 1. The predicted molar refractivity (Wildman–Crippen MR) is 73.6 cm³/mol. The molecule has 0 atom stereocenters. The fourth-order valence-corrected chi connectivity index (χ4v) is 1.98. The Morgan fingerprint density at radius 1 is 1.42 bits per heavy atom. The molecular weight excluding hydrogens is 245 g/mol. The molecule has 0 bridgehead atoms. The van der Waals surface area contributed by atoms with Gasteiger partial charge in [0.25, 0.3) is 0 Å². The van der Waals surface area contributed by atoms with Crippen molar-refractivity contribution in [1.82, 2.24) is 4.90 Å². The summed E-state index contributed by atoms with van der Waals surface area (Å²) in [6, 6.07) is 5.10. The number of rotatable bonds is 7. The lowest BCUT2D eigenvalue weighted by Gasteiger charge is -2.27. The van der Waals surface area contributed by atoms with Gasteiger partial charge in [-0.2, -0.15) is 0 Å². The van der Waals surface area contributed by atoms with Gasteiger partial charge in [-0.25, -0.2) is 4.39 Å². The lowest BCUT2D eigenvalue weighted by atomic mass is 10.1. The molecule has 106 valence electrons. The number of benzene rings is 1. The van der Waals surface area contributed by atoms with Crippen LogP contribution in [0.25, 0.3) is 0 Å². The molecule has 0 heterocycles. The quantitative estimate of drug-likeness (QED) is 0.824. The summed E-state index contributed by atoms with van der Waals surface area (Å²) in [4.78, 5) is 12.7. The van der Waals surface area contributed by atoms with Gasteiger partial charge in [-0.05, 0) is 57.0 Å². The molecule has 1 aromatic rings. The number of aryl methyl sites for hydroxylation is 1. The number of carbonyl (C=O) groups is 1. The normalized spacial score (nSPS) is 11.3. The van der Waals surface area contributed by atoms with Crippen molar-refractivity contribution in [2.45, 2.75) is 46.2 Å². The first-order valence-electron chi connectivity index (χ1n) is 6.61. The summed E-state index contributed by atoms with van der Waals surface area (Å²) in [5.41, 5.74) is 2.02. The first-order valence-corrected chi connectivity index (χ1v) is 6.61. The van der Waals surface area contributed by atoms with E-state index in [1.165, 1.54) is 6.07 Å². The minimum Gasteiger partial charge on any atom is -0.481 e. The maximum atomic E-state index is 13.3. The second-order valence-electron chi connectivity index (χ2n) is 5.13. The Hall–Kier alpha value is -1.42. The Bertz CT molecular complexity index is 432. The molecule has 0 amide bonds. The Morgan fingerprint density at radius 3 is 2.68 bits per heavy atom. The molecule has 0 spiro atoms. The standard InChI is InChI=1S/C15H22FNO2/c1-11(2)17(8-4-5-15(18)19)10-13-9-14(16)7-6-12(13)3/h6-7,9,11H,4-5,8,10H2,1-3H3,(H,18,19). The molecule has 3 nitrogen and oxygen atoms in total. The van der Waals surface area contributed by atoms with Crippen LogP contribution < -0.4 is 0 Å². The highest BCUT2D eigenvalue weighted by Gasteiger charge is 2.12. The highest BCUT2D eigenvalue weighted by Crippen LogP contribution is 2.15. The highest BCUT2D eigenvalue weighted by molar-refractivity contribution is 5.66. The number of hydrogen-bond donors (Lipinski definition) is 1. The van der Waals surface area contributed by atoms with Gasteiger partial charge >= 0.3 is 5.97 Å². The predicted octanol–water partition coefficient (Wildman–Crippen LogP) is 3.21. The largest absolute Gasteiger partial charge is 0.481 e. The molecule has 0 aliphatic rings. The molecule has 0 aliphatic heterocycles. The van der Waals surface area contributed by atoms with Crippen LogP contribution in [-0.2, 0) is 11.3 Å². The summed E-state index contributed by atoms with van der Waals surface area (Å²) in [6.45, 7) is 7.45. The van der Waals surface area contributed by atoms with Crippen LogP contribution in [-0.4, -0.2) is 28.6 Å². The van der Waals surface area contributed by atoms with Gasteiger partial charge in [-0.3, -0.25) is 9.69 Å². The van der Waals surface area contributed by atoms with E-state index in [4.69, 9.17) is 5.11 Å². The molecule has 0 aromatic heterocycles. The van der Waals surface area contributed by atoms with Crippen molar-refractivity contribution >= 4 is 5.97 Å². The molecule has 1 rings (SSSR count). The molecule has 0 unspecified atom stereocenters. The van der Waals surface area contributed by atoms with Crippen molar-refractivity contribution in [3.63, 3.8) is 0 Å². The van der Waals surface area contributed by atoms with Gasteiger partial charge < -0.3 is 5.11 Å². The summed E-state index contributed by atoms with van der Waals surface area (Å²) in [5.74, 6) is -1.000. The van der Waals surface area contributed by atoms with Crippen molar-refractivity contribution in [3.8, 4) is 0 Å². The Morgan fingerprint density at radius 2 is 2.11 bits per heavy atom. The molecule has 1 aromatic carbocycles. The Kier molecular flexibility index (Phi) is 5.96. The van der Waals surface area contributed by atoms with Crippen LogP contribution >= 0.6 is 0 Å². The maximum absolute atomic E-state index is 13.3. The highest BCUT2D eigenvalue weighted by atomic mass is 19.1. The number of carboxylic acid groups (broad SMARTS) is 1. The van der Waals surface area contributed by atoms with E-state index >= 15 is 0 Å². The zero-order valence-corrected chi connectivity index (χ0v) is 11.8. The zero-order valence-electron chi connectivity index (χ0n) is 11.8. The molecule has 0 saturated carbocycles. The van der Waals surface area contributed by atoms with Gasteiger partial charge in [0, 0.05) is 19.0 Å². The van der Waals surface area contributed by atoms with Crippen LogP contribution in [0.1, 0.15) is 37.8 Å². The monoisotopic (exact) mass is 267 g/mol. The van der Waals surface area contributed by atoms with E-state index in [2.05, 4.69) is 18.7 Å². The van der Waals surface area contributed by atoms with Crippen LogP contribution in [0.4, 0.5) is 4.39 Å². The number of aliphatic carboxylic acids is 1. The number of carboxylic acids is 1. The van der Waals surface area contributed by atoms with Crippen molar-refractivity contribution in [2.75, 3.05) is 6.54 Å². The van der Waals surface area contributed by atoms with Gasteiger partial charge in [-0.15, -0.1) is 0 Å². The summed E-state index contributed by atoms with van der Waals surface area (Å²) in [5, 5.41) is 8.67. The molecule has 4 heteroatoms. The second-order valence-corrected chi connectivity index (χ2v) is 5.13. The van der Waals surface area contributed by atoms with Gasteiger partial charge in [0.2, 0.25) is 0 Å². The fraction of sp³-hybridized carbons (Fsp3) is 0.533. The summed E-state index contributed by atoms with van der Waals surface area (Å²) < 4.78 is 13.3. The van der Waals surface area contributed by atoms with E-state index in [0.717, 1.165) is 11.1 Å². The topological polar surface area (TPSA) is 40.5 Å². The lowest BCUT2D eigenvalue weighted by molar-refractivity contribution is -0.137. The third kappa shape index (κ3) is 5.39. The minimum atomic E-state index is -0.773. The van der Waals surface area contributed by atoms with Crippen molar-refractivity contribution < 1.29 is 14.3 Å². The molecule has 0 aliphatic carbocycles. The summed E-state index contributed by atoms with van der Waals surface area (Å²) in [7, 11) is 0. The lowest BCUT2D eigenvalue weighted by Crippen LogP contribution is -2.31. The van der Waals surface area contributed by atoms with E-state index in [9.17, 15) is 9.18 Å². The van der Waals surface area contributed by atoms with E-state index < -0.39 is 5.97 Å². The zero-order chi connectivity index (χ0) is 14.4. The number of halogens is 1. The van der Waals surface area contributed by atoms with Crippen LogP contribution in [0.3, 0.4) is 0 Å². The van der Waals surface area contributed by atoms with Crippen molar-refractivity contribution in [2.24, 2.45) is 0 Å². The fourth-order valence-electron chi connectivity index (χ4n) is 1.98. The third-order valence-electron chi connectivity index (χ3n) is 3.25. The van der Waals surface area contributed by atoms with E-state index in [-0.39, 0.29) is 12.2 Å². The first-order chi connectivity index (χ1) is 8.90. The average molecular weight is 267 g/mol. The summed E-state index contributed by atoms with van der Waals surface area (Å²) in [6.07, 6.45) is 0.785. The van der Waals surface area contributed by atoms with Crippen LogP contribution in [0.2, 0.25) is 0 Å². The molecule has 19 heavy (non-hydrogen) atoms. The molecule has 0 fully saturated rings. The maximum Gasteiger partial charge on any atom is 0.303 e. The van der Waals surface area contributed by atoms with E-state index in [0.29, 0.717) is 25.6 Å². The van der Waals surface area contributed by atoms with Gasteiger partial charge in [-0.1, -0.05) is 6.07 Å².